The minimum absolute atomic E-state index is 0.118. The van der Waals surface area contributed by atoms with E-state index in [1.54, 1.807) is 42.5 Å². The molecule has 0 aliphatic carbocycles. The number of rotatable bonds is 6. The molecule has 0 aliphatic heterocycles. The second-order valence-electron chi connectivity index (χ2n) is 6.89. The maximum atomic E-state index is 12.5. The first kappa shape index (κ1) is 20.0. The molecule has 2 N–H and O–H groups in total. The number of aromatic nitrogens is 3. The van der Waals surface area contributed by atoms with Gasteiger partial charge >= 0.3 is 6.03 Å². The molecule has 0 radical (unpaired) electrons. The van der Waals surface area contributed by atoms with Crippen molar-refractivity contribution in [3.05, 3.63) is 83.7 Å². The molecule has 156 valence electrons. The van der Waals surface area contributed by atoms with Gasteiger partial charge in [0.25, 0.3) is 5.91 Å². The normalized spacial score (nSPS) is 10.6. The number of hydrogen-bond acceptors (Lipinski definition) is 6. The summed E-state index contributed by atoms with van der Waals surface area (Å²) in [5.41, 5.74) is 4.45. The van der Waals surface area contributed by atoms with Crippen LogP contribution in [0.25, 0.3) is 11.0 Å². The standard InChI is InChI=1S/C22H20N6O3/c1-28(21(29)17-8-10-23-11-9-17)18-5-2-15(3-6-18)13-24-22(30)25-14-16-4-7-19-20(12-16)27-31-26-19/h2-12H,13-14H2,1H3,(H2,24,25,30). The fourth-order valence-corrected chi connectivity index (χ4v) is 3.01. The molecule has 0 spiro atoms. The lowest BCUT2D eigenvalue weighted by atomic mass is 10.1. The van der Waals surface area contributed by atoms with Gasteiger partial charge in [-0.05, 0) is 57.8 Å². The minimum atomic E-state index is -0.285. The first-order chi connectivity index (χ1) is 15.1. The molecule has 0 aliphatic rings. The van der Waals surface area contributed by atoms with Gasteiger partial charge in [-0.1, -0.05) is 18.2 Å². The molecule has 0 atom stereocenters. The summed E-state index contributed by atoms with van der Waals surface area (Å²) in [7, 11) is 1.72. The molecule has 31 heavy (non-hydrogen) atoms. The second kappa shape index (κ2) is 9.04. The molecule has 4 rings (SSSR count). The van der Waals surface area contributed by atoms with E-state index in [4.69, 9.17) is 0 Å². The smallest absolute Gasteiger partial charge is 0.315 e. The number of fused-ring (bicyclic) bond motifs is 1. The van der Waals surface area contributed by atoms with Gasteiger partial charge in [0.05, 0.1) is 0 Å². The number of amides is 3. The first-order valence-electron chi connectivity index (χ1n) is 9.60. The Morgan fingerprint density at radius 3 is 2.26 bits per heavy atom. The highest BCUT2D eigenvalue weighted by atomic mass is 16.6. The van der Waals surface area contributed by atoms with Crippen LogP contribution in [0, 0.1) is 0 Å². The summed E-state index contributed by atoms with van der Waals surface area (Å²) in [6, 6.07) is 16.0. The Morgan fingerprint density at radius 2 is 1.52 bits per heavy atom. The maximum absolute atomic E-state index is 12.5. The Balaban J connectivity index is 1.27. The van der Waals surface area contributed by atoms with Crippen LogP contribution in [-0.4, -0.2) is 34.3 Å². The van der Waals surface area contributed by atoms with Crippen molar-refractivity contribution in [2.24, 2.45) is 0 Å². The number of urea groups is 1. The Morgan fingerprint density at radius 1 is 0.871 bits per heavy atom. The highest BCUT2D eigenvalue weighted by Gasteiger charge is 2.13. The van der Waals surface area contributed by atoms with Crippen molar-refractivity contribution in [1.82, 2.24) is 25.9 Å². The van der Waals surface area contributed by atoms with E-state index in [9.17, 15) is 9.59 Å². The van der Waals surface area contributed by atoms with Gasteiger partial charge in [-0.3, -0.25) is 9.78 Å². The Kier molecular flexibility index (Phi) is 5.84. The van der Waals surface area contributed by atoms with Gasteiger partial charge in [-0.2, -0.15) is 0 Å². The lowest BCUT2D eigenvalue weighted by Gasteiger charge is -2.18. The summed E-state index contributed by atoms with van der Waals surface area (Å²) in [4.78, 5) is 30.1. The quantitative estimate of drug-likeness (QED) is 0.500. The zero-order valence-electron chi connectivity index (χ0n) is 16.8. The number of anilines is 1. The number of carbonyl (C=O) groups excluding carboxylic acids is 2. The predicted octanol–water partition coefficient (Wildman–Crippen LogP) is 2.89. The van der Waals surface area contributed by atoms with E-state index in [0.29, 0.717) is 29.7 Å². The maximum Gasteiger partial charge on any atom is 0.315 e. The van der Waals surface area contributed by atoms with E-state index >= 15 is 0 Å². The third kappa shape index (κ3) is 4.84. The number of nitrogens with zero attached hydrogens (tertiary/aromatic N) is 4. The predicted molar refractivity (Wildman–Crippen MR) is 114 cm³/mol. The van der Waals surface area contributed by atoms with Crippen LogP contribution in [0.3, 0.4) is 0 Å². The van der Waals surface area contributed by atoms with Crippen LogP contribution in [0.2, 0.25) is 0 Å². The van der Waals surface area contributed by atoms with Gasteiger partial charge < -0.3 is 15.5 Å². The second-order valence-corrected chi connectivity index (χ2v) is 6.89. The van der Waals surface area contributed by atoms with Crippen LogP contribution in [-0.2, 0) is 13.1 Å². The highest BCUT2D eigenvalue weighted by molar-refractivity contribution is 6.05. The van der Waals surface area contributed by atoms with Gasteiger partial charge in [-0.25, -0.2) is 9.42 Å². The van der Waals surface area contributed by atoms with Crippen molar-refractivity contribution in [1.29, 1.82) is 0 Å². The molecule has 0 unspecified atom stereocenters. The molecule has 0 bridgehead atoms. The van der Waals surface area contributed by atoms with Crippen LogP contribution >= 0.6 is 0 Å². The lowest BCUT2D eigenvalue weighted by Crippen LogP contribution is -2.34. The minimum Gasteiger partial charge on any atom is -0.334 e. The third-order valence-electron chi connectivity index (χ3n) is 4.78. The van der Waals surface area contributed by atoms with Gasteiger partial charge in [0.2, 0.25) is 0 Å². The van der Waals surface area contributed by atoms with E-state index in [2.05, 4.69) is 30.6 Å². The average Bonchev–Trinajstić information content (AvgIpc) is 3.29. The molecule has 0 saturated carbocycles. The number of carbonyl (C=O) groups is 2. The molecular formula is C22H20N6O3. The summed E-state index contributed by atoms with van der Waals surface area (Å²) in [5, 5.41) is 13.2. The molecule has 2 heterocycles. The Labute approximate surface area is 178 Å². The van der Waals surface area contributed by atoms with Crippen LogP contribution in [0.5, 0.6) is 0 Å². The zero-order valence-corrected chi connectivity index (χ0v) is 16.8. The van der Waals surface area contributed by atoms with Crippen LogP contribution in [0.1, 0.15) is 21.5 Å². The van der Waals surface area contributed by atoms with E-state index in [0.717, 1.165) is 16.8 Å². The van der Waals surface area contributed by atoms with Crippen LogP contribution in [0.4, 0.5) is 10.5 Å². The van der Waals surface area contributed by atoms with E-state index in [-0.39, 0.29) is 11.9 Å². The summed E-state index contributed by atoms with van der Waals surface area (Å²) in [6.45, 7) is 0.718. The summed E-state index contributed by atoms with van der Waals surface area (Å²) in [6.07, 6.45) is 3.18. The summed E-state index contributed by atoms with van der Waals surface area (Å²) >= 11 is 0. The Bertz CT molecular complexity index is 1190. The molecule has 9 nitrogen and oxygen atoms in total. The molecular weight excluding hydrogens is 396 g/mol. The van der Waals surface area contributed by atoms with E-state index in [1.807, 2.05) is 36.4 Å². The average molecular weight is 416 g/mol. The van der Waals surface area contributed by atoms with Gasteiger partial charge in [0, 0.05) is 43.8 Å². The number of nitrogens with one attached hydrogen (secondary N) is 2. The molecule has 2 aromatic heterocycles. The topological polar surface area (TPSA) is 113 Å². The van der Waals surface area contributed by atoms with Crippen LogP contribution < -0.4 is 15.5 Å². The summed E-state index contributed by atoms with van der Waals surface area (Å²) < 4.78 is 4.67. The van der Waals surface area contributed by atoms with Gasteiger partial charge in [-0.15, -0.1) is 0 Å². The lowest BCUT2D eigenvalue weighted by molar-refractivity contribution is 0.0993. The van der Waals surface area contributed by atoms with E-state index < -0.39 is 0 Å². The first-order valence-corrected chi connectivity index (χ1v) is 9.60. The molecule has 0 fully saturated rings. The highest BCUT2D eigenvalue weighted by Crippen LogP contribution is 2.16. The third-order valence-corrected chi connectivity index (χ3v) is 4.78. The monoisotopic (exact) mass is 416 g/mol. The SMILES string of the molecule is CN(C(=O)c1ccncc1)c1ccc(CNC(=O)NCc2ccc3nonc3c2)cc1. The number of pyridine rings is 1. The molecule has 9 heteroatoms. The van der Waals surface area contributed by atoms with Crippen molar-refractivity contribution >= 4 is 28.7 Å². The van der Waals surface area contributed by atoms with Crippen molar-refractivity contribution in [2.75, 3.05) is 11.9 Å². The van der Waals surface area contributed by atoms with Crippen molar-refractivity contribution < 1.29 is 14.2 Å². The molecule has 4 aromatic rings. The van der Waals surface area contributed by atoms with Gasteiger partial charge in [0.1, 0.15) is 11.0 Å². The molecule has 3 amide bonds. The number of benzene rings is 2. The summed E-state index contributed by atoms with van der Waals surface area (Å²) in [5.74, 6) is -0.118. The van der Waals surface area contributed by atoms with Crippen molar-refractivity contribution in [3.63, 3.8) is 0 Å². The fraction of sp³-hybridized carbons (Fsp3) is 0.136. The number of hydrogen-bond donors (Lipinski definition) is 2. The van der Waals surface area contributed by atoms with Crippen molar-refractivity contribution in [3.8, 4) is 0 Å². The molecule has 2 aromatic carbocycles. The zero-order chi connectivity index (χ0) is 21.6. The fourth-order valence-electron chi connectivity index (χ4n) is 3.01. The van der Waals surface area contributed by atoms with Crippen molar-refractivity contribution in [2.45, 2.75) is 13.1 Å². The molecule has 0 saturated heterocycles. The van der Waals surface area contributed by atoms with Crippen LogP contribution in [0.15, 0.2) is 71.6 Å². The Hall–Kier alpha value is -4.27. The largest absolute Gasteiger partial charge is 0.334 e. The van der Waals surface area contributed by atoms with E-state index in [1.165, 1.54) is 0 Å². The van der Waals surface area contributed by atoms with Gasteiger partial charge in [0.15, 0.2) is 0 Å².